The van der Waals surface area contributed by atoms with Crippen molar-refractivity contribution in [3.8, 4) is 0 Å². The van der Waals surface area contributed by atoms with E-state index in [1.807, 2.05) is 0 Å². The van der Waals surface area contributed by atoms with Crippen LogP contribution in [0.25, 0.3) is 0 Å². The summed E-state index contributed by atoms with van der Waals surface area (Å²) in [6, 6.07) is 17.1. The number of benzene rings is 2. The fourth-order valence-electron chi connectivity index (χ4n) is 2.52. The van der Waals surface area contributed by atoms with Gasteiger partial charge in [-0.25, -0.2) is 0 Å². The second kappa shape index (κ2) is 7.13. The van der Waals surface area contributed by atoms with E-state index in [9.17, 15) is 0 Å². The minimum absolute atomic E-state index is 1.36. The maximum atomic E-state index is 2.25. The Hall–Kier alpha value is -1.56. The van der Waals surface area contributed by atoms with Gasteiger partial charge in [0.15, 0.2) is 0 Å². The van der Waals surface area contributed by atoms with Crippen LogP contribution in [-0.2, 0) is 0 Å². The highest BCUT2D eigenvalue weighted by Gasteiger charge is 1.97. The summed E-state index contributed by atoms with van der Waals surface area (Å²) in [6.45, 7) is 4.49. The van der Waals surface area contributed by atoms with E-state index in [1.54, 1.807) is 0 Å². The SMILES string of the molecule is CCCCCCC.c1ccc2c(c1)=c1ccccc1=2. The largest absolute Gasteiger partial charge is 0.0654 e. The molecule has 0 N–H and O–H groups in total. The van der Waals surface area contributed by atoms with Crippen molar-refractivity contribution in [1.82, 2.24) is 0 Å². The fraction of sp³-hybridized carbons (Fsp3) is 0.368. The Balaban J connectivity index is 0.000000167. The topological polar surface area (TPSA) is 0 Å². The number of hydrogen-bond donors (Lipinski definition) is 0. The summed E-state index contributed by atoms with van der Waals surface area (Å²) in [5.74, 6) is 0. The van der Waals surface area contributed by atoms with Gasteiger partial charge >= 0.3 is 0 Å². The minimum atomic E-state index is 1.36. The van der Waals surface area contributed by atoms with Crippen LogP contribution in [0.1, 0.15) is 46.0 Å². The molecule has 0 atom stereocenters. The maximum Gasteiger partial charge on any atom is -0.00990 e. The Morgan fingerprint density at radius 2 is 0.842 bits per heavy atom. The molecule has 0 radical (unpaired) electrons. The molecule has 0 bridgehead atoms. The van der Waals surface area contributed by atoms with Crippen molar-refractivity contribution in [2.45, 2.75) is 46.0 Å². The second-order valence-electron chi connectivity index (χ2n) is 5.15. The first kappa shape index (κ1) is 13.9. The Morgan fingerprint density at radius 1 is 0.526 bits per heavy atom. The van der Waals surface area contributed by atoms with Crippen LogP contribution in [0.3, 0.4) is 0 Å². The fourth-order valence-corrected chi connectivity index (χ4v) is 2.52. The third kappa shape index (κ3) is 3.26. The molecule has 3 rings (SSSR count). The van der Waals surface area contributed by atoms with E-state index in [1.165, 1.54) is 53.0 Å². The van der Waals surface area contributed by atoms with E-state index in [2.05, 4.69) is 62.4 Å². The zero-order valence-electron chi connectivity index (χ0n) is 12.2. The highest BCUT2D eigenvalue weighted by molar-refractivity contribution is 5.28. The van der Waals surface area contributed by atoms with Crippen molar-refractivity contribution in [2.24, 2.45) is 0 Å². The summed E-state index contributed by atoms with van der Waals surface area (Å²) in [5, 5.41) is 5.59. The van der Waals surface area contributed by atoms with Crippen LogP contribution in [0.5, 0.6) is 0 Å². The van der Waals surface area contributed by atoms with Gasteiger partial charge < -0.3 is 0 Å². The van der Waals surface area contributed by atoms with Gasteiger partial charge in [0.25, 0.3) is 0 Å². The number of fused-ring (bicyclic) bond motifs is 2. The van der Waals surface area contributed by atoms with Crippen LogP contribution in [-0.4, -0.2) is 0 Å². The number of rotatable bonds is 4. The highest BCUT2D eigenvalue weighted by Crippen LogP contribution is 2.11. The van der Waals surface area contributed by atoms with Gasteiger partial charge in [0.05, 0.1) is 0 Å². The van der Waals surface area contributed by atoms with Gasteiger partial charge in [-0.2, -0.15) is 0 Å². The Bertz CT molecular complexity index is 544. The first-order chi connectivity index (χ1) is 9.38. The van der Waals surface area contributed by atoms with Crippen LogP contribution in [0.2, 0.25) is 0 Å². The molecule has 0 amide bonds. The standard InChI is InChI=1S/C12H8.C7H16/c1-2-6-10-9(5-1)11-7-3-4-8-12(10)11;1-3-5-7-6-4-2/h1-8H;3-7H2,1-2H3. The van der Waals surface area contributed by atoms with Gasteiger partial charge in [-0.15, -0.1) is 0 Å². The molecule has 19 heavy (non-hydrogen) atoms. The van der Waals surface area contributed by atoms with Crippen molar-refractivity contribution >= 4 is 0 Å². The molecule has 0 aliphatic heterocycles. The van der Waals surface area contributed by atoms with Crippen LogP contribution in [0.15, 0.2) is 48.5 Å². The smallest absolute Gasteiger partial charge is 0.00990 e. The predicted molar refractivity (Wildman–Crippen MR) is 82.7 cm³/mol. The molecule has 0 nitrogen and oxygen atoms in total. The van der Waals surface area contributed by atoms with Gasteiger partial charge in [0, 0.05) is 0 Å². The van der Waals surface area contributed by atoms with E-state index < -0.39 is 0 Å². The molecular formula is C19H24. The molecule has 100 valence electrons. The normalized spacial score (nSPS) is 10.6. The van der Waals surface area contributed by atoms with E-state index >= 15 is 0 Å². The van der Waals surface area contributed by atoms with Gasteiger partial charge in [-0.3, -0.25) is 0 Å². The third-order valence-corrected chi connectivity index (χ3v) is 3.64. The lowest BCUT2D eigenvalue weighted by atomic mass is 10.0. The van der Waals surface area contributed by atoms with Crippen molar-refractivity contribution in [2.75, 3.05) is 0 Å². The second-order valence-corrected chi connectivity index (χ2v) is 5.15. The zero-order chi connectivity index (χ0) is 13.5. The zero-order valence-corrected chi connectivity index (χ0v) is 12.2. The summed E-state index contributed by atoms with van der Waals surface area (Å²) >= 11 is 0. The van der Waals surface area contributed by atoms with E-state index in [0.717, 1.165) is 0 Å². The maximum absolute atomic E-state index is 2.25. The van der Waals surface area contributed by atoms with Crippen molar-refractivity contribution in [1.29, 1.82) is 0 Å². The molecule has 0 saturated carbocycles. The van der Waals surface area contributed by atoms with E-state index in [0.29, 0.717) is 0 Å². The Kier molecular flexibility index (Phi) is 5.20. The molecule has 0 spiro atoms. The molecule has 2 aromatic rings. The average Bonchev–Trinajstić information content (AvgIpc) is 2.46. The van der Waals surface area contributed by atoms with Crippen molar-refractivity contribution in [3.05, 3.63) is 69.4 Å². The average molecular weight is 252 g/mol. The first-order valence-corrected chi connectivity index (χ1v) is 7.57. The molecule has 0 saturated heterocycles. The van der Waals surface area contributed by atoms with Gasteiger partial charge in [0.1, 0.15) is 0 Å². The Labute approximate surface area is 116 Å². The van der Waals surface area contributed by atoms with Gasteiger partial charge in [-0.05, 0) is 20.9 Å². The van der Waals surface area contributed by atoms with Crippen molar-refractivity contribution in [3.63, 3.8) is 0 Å². The van der Waals surface area contributed by atoms with Crippen LogP contribution < -0.4 is 0 Å². The van der Waals surface area contributed by atoms with Gasteiger partial charge in [0.2, 0.25) is 0 Å². The molecule has 0 heterocycles. The highest BCUT2D eigenvalue weighted by atomic mass is 14.0. The lowest BCUT2D eigenvalue weighted by Gasteiger charge is -2.02. The quantitative estimate of drug-likeness (QED) is 0.534. The first-order valence-electron chi connectivity index (χ1n) is 7.57. The number of hydrogen-bond acceptors (Lipinski definition) is 0. The van der Waals surface area contributed by atoms with E-state index in [4.69, 9.17) is 0 Å². The van der Waals surface area contributed by atoms with Crippen LogP contribution >= 0.6 is 0 Å². The van der Waals surface area contributed by atoms with E-state index in [-0.39, 0.29) is 0 Å². The predicted octanol–water partition coefficient (Wildman–Crippen LogP) is 5.55. The lowest BCUT2D eigenvalue weighted by molar-refractivity contribution is 0.656. The lowest BCUT2D eigenvalue weighted by Crippen LogP contribution is -1.88. The molecule has 0 heteroatoms. The molecular weight excluding hydrogens is 228 g/mol. The third-order valence-electron chi connectivity index (χ3n) is 3.64. The summed E-state index contributed by atoms with van der Waals surface area (Å²) < 4.78 is 0. The van der Waals surface area contributed by atoms with Crippen molar-refractivity contribution < 1.29 is 0 Å². The summed E-state index contributed by atoms with van der Waals surface area (Å²) in [7, 11) is 0. The number of unbranched alkanes of at least 4 members (excludes halogenated alkanes) is 4. The molecule has 0 unspecified atom stereocenters. The van der Waals surface area contributed by atoms with Crippen LogP contribution in [0.4, 0.5) is 0 Å². The Morgan fingerprint density at radius 3 is 1.11 bits per heavy atom. The minimum Gasteiger partial charge on any atom is -0.0654 e. The summed E-state index contributed by atoms with van der Waals surface area (Å²) in [5.41, 5.74) is 0. The molecule has 1 aliphatic rings. The van der Waals surface area contributed by atoms with Gasteiger partial charge in [-0.1, -0.05) is 94.5 Å². The molecule has 2 aromatic carbocycles. The summed E-state index contributed by atoms with van der Waals surface area (Å²) in [6.07, 6.45) is 7.01. The molecule has 0 aromatic heterocycles. The molecule has 0 fully saturated rings. The van der Waals surface area contributed by atoms with Crippen LogP contribution in [0, 0.1) is 20.9 Å². The monoisotopic (exact) mass is 252 g/mol. The summed E-state index contributed by atoms with van der Waals surface area (Å²) in [4.78, 5) is 0. The molecule has 1 aliphatic carbocycles.